The van der Waals surface area contributed by atoms with Crippen molar-refractivity contribution in [3.8, 4) is 5.75 Å². The number of aryl methyl sites for hydroxylation is 1. The van der Waals surface area contributed by atoms with E-state index < -0.39 is 0 Å². The number of benzene rings is 2. The first-order valence-electron chi connectivity index (χ1n) is 9.87. The summed E-state index contributed by atoms with van der Waals surface area (Å²) in [6.45, 7) is 3.09. The Kier molecular flexibility index (Phi) is 5.52. The average Bonchev–Trinajstić information content (AvgIpc) is 2.75. The van der Waals surface area contributed by atoms with E-state index in [0.717, 1.165) is 13.0 Å². The van der Waals surface area contributed by atoms with Gasteiger partial charge in [0.25, 0.3) is 5.56 Å². The zero-order chi connectivity index (χ0) is 21.1. The van der Waals surface area contributed by atoms with Crippen molar-refractivity contribution >= 4 is 17.5 Å². The van der Waals surface area contributed by atoms with Gasteiger partial charge in [-0.2, -0.15) is 0 Å². The van der Waals surface area contributed by atoms with Crippen molar-refractivity contribution in [2.75, 3.05) is 23.9 Å². The largest absolute Gasteiger partial charge is 0.497 e. The number of amides is 1. The third kappa shape index (κ3) is 4.20. The Morgan fingerprint density at radius 2 is 1.87 bits per heavy atom. The Morgan fingerprint density at radius 3 is 2.60 bits per heavy atom. The molecule has 0 aliphatic carbocycles. The maximum absolute atomic E-state index is 12.7. The number of nitrogens with zero attached hydrogens (tertiary/aromatic N) is 3. The molecular weight excluding hydrogens is 380 g/mol. The smallest absolute Gasteiger partial charge is 0.255 e. The molecule has 4 rings (SSSR count). The van der Waals surface area contributed by atoms with Crippen molar-refractivity contribution < 1.29 is 9.53 Å². The lowest BCUT2D eigenvalue weighted by molar-refractivity contribution is -0.116. The standard InChI is InChI=1S/C23H24N4O3/c1-16-13-22(29)27(15-21(28)25-19-7-9-20(30-2)10-8-19)23(24-16)26-12-11-17-5-3-4-6-18(17)14-26/h3-10,13H,11-12,14-15H2,1-2H3,(H,25,28). The van der Waals surface area contributed by atoms with Gasteiger partial charge in [0, 0.05) is 30.5 Å². The van der Waals surface area contributed by atoms with Crippen LogP contribution in [-0.4, -0.2) is 29.1 Å². The Hall–Kier alpha value is -3.61. The predicted octanol–water partition coefficient (Wildman–Crippen LogP) is 2.76. The summed E-state index contributed by atoms with van der Waals surface area (Å²) < 4.78 is 6.58. The van der Waals surface area contributed by atoms with Gasteiger partial charge in [0.05, 0.1) is 7.11 Å². The van der Waals surface area contributed by atoms with Gasteiger partial charge in [0.1, 0.15) is 12.3 Å². The first-order chi connectivity index (χ1) is 14.5. The molecule has 0 unspecified atom stereocenters. The number of fused-ring (bicyclic) bond motifs is 1. The van der Waals surface area contributed by atoms with Gasteiger partial charge >= 0.3 is 0 Å². The van der Waals surface area contributed by atoms with Gasteiger partial charge in [-0.25, -0.2) is 4.98 Å². The highest BCUT2D eigenvalue weighted by atomic mass is 16.5. The number of hydrogen-bond donors (Lipinski definition) is 1. The molecule has 0 radical (unpaired) electrons. The Balaban J connectivity index is 1.57. The van der Waals surface area contributed by atoms with Crippen LogP contribution in [0.5, 0.6) is 5.75 Å². The van der Waals surface area contributed by atoms with E-state index in [9.17, 15) is 9.59 Å². The summed E-state index contributed by atoms with van der Waals surface area (Å²) in [5.74, 6) is 0.950. The van der Waals surface area contributed by atoms with Crippen LogP contribution in [0.3, 0.4) is 0 Å². The van der Waals surface area contributed by atoms with Crippen molar-refractivity contribution in [3.63, 3.8) is 0 Å². The molecule has 3 aromatic rings. The number of rotatable bonds is 5. The van der Waals surface area contributed by atoms with Gasteiger partial charge in [-0.05, 0) is 48.7 Å². The molecule has 1 aliphatic rings. The molecule has 1 N–H and O–H groups in total. The van der Waals surface area contributed by atoms with Crippen LogP contribution >= 0.6 is 0 Å². The normalized spacial score (nSPS) is 12.9. The highest BCUT2D eigenvalue weighted by Gasteiger charge is 2.22. The van der Waals surface area contributed by atoms with Crippen LogP contribution < -0.4 is 20.5 Å². The second kappa shape index (κ2) is 8.41. The van der Waals surface area contributed by atoms with Gasteiger partial charge in [-0.1, -0.05) is 24.3 Å². The van der Waals surface area contributed by atoms with E-state index in [1.807, 2.05) is 12.1 Å². The molecule has 0 atom stereocenters. The topological polar surface area (TPSA) is 76.5 Å². The van der Waals surface area contributed by atoms with E-state index >= 15 is 0 Å². The molecule has 7 heteroatoms. The van der Waals surface area contributed by atoms with Crippen molar-refractivity contribution in [2.24, 2.45) is 0 Å². The minimum atomic E-state index is -0.286. The third-order valence-corrected chi connectivity index (χ3v) is 5.21. The summed E-state index contributed by atoms with van der Waals surface area (Å²) in [6, 6.07) is 16.8. The van der Waals surface area contributed by atoms with Gasteiger partial charge in [-0.3, -0.25) is 14.2 Å². The number of aromatic nitrogens is 2. The maximum atomic E-state index is 12.7. The predicted molar refractivity (Wildman–Crippen MR) is 116 cm³/mol. The quantitative estimate of drug-likeness (QED) is 0.708. The molecule has 1 amide bonds. The Morgan fingerprint density at radius 1 is 1.13 bits per heavy atom. The van der Waals surface area contributed by atoms with Crippen molar-refractivity contribution in [1.29, 1.82) is 0 Å². The van der Waals surface area contributed by atoms with Crippen molar-refractivity contribution in [3.05, 3.63) is 81.8 Å². The summed E-state index contributed by atoms with van der Waals surface area (Å²) in [6.07, 6.45) is 0.873. The monoisotopic (exact) mass is 404 g/mol. The molecule has 154 valence electrons. The average molecular weight is 404 g/mol. The highest BCUT2D eigenvalue weighted by Crippen LogP contribution is 2.23. The number of ether oxygens (including phenoxy) is 1. The fourth-order valence-corrected chi connectivity index (χ4v) is 3.68. The molecule has 1 aromatic heterocycles. The van der Waals surface area contributed by atoms with E-state index in [1.54, 1.807) is 38.3 Å². The molecule has 0 saturated heterocycles. The summed E-state index contributed by atoms with van der Waals surface area (Å²) in [5.41, 5.74) is 3.57. The van der Waals surface area contributed by atoms with Crippen molar-refractivity contribution in [2.45, 2.75) is 26.4 Å². The van der Waals surface area contributed by atoms with E-state index in [4.69, 9.17) is 4.74 Å². The summed E-state index contributed by atoms with van der Waals surface area (Å²) in [7, 11) is 1.59. The molecule has 2 heterocycles. The Labute approximate surface area is 174 Å². The SMILES string of the molecule is COc1ccc(NC(=O)Cn2c(N3CCc4ccccc4C3)nc(C)cc2=O)cc1. The van der Waals surface area contributed by atoms with Crippen LogP contribution in [0.15, 0.2) is 59.4 Å². The summed E-state index contributed by atoms with van der Waals surface area (Å²) in [5, 5.41) is 2.83. The number of carbonyl (C=O) groups is 1. The number of hydrogen-bond acceptors (Lipinski definition) is 5. The third-order valence-electron chi connectivity index (χ3n) is 5.21. The number of methoxy groups -OCH3 is 1. The van der Waals surface area contributed by atoms with Crippen LogP contribution in [0, 0.1) is 6.92 Å². The summed E-state index contributed by atoms with van der Waals surface area (Å²) in [4.78, 5) is 32.1. The van der Waals surface area contributed by atoms with Crippen molar-refractivity contribution in [1.82, 2.24) is 9.55 Å². The van der Waals surface area contributed by atoms with E-state index in [1.165, 1.54) is 21.8 Å². The fourth-order valence-electron chi connectivity index (χ4n) is 3.68. The minimum Gasteiger partial charge on any atom is -0.497 e. The first kappa shape index (κ1) is 19.7. The molecule has 0 saturated carbocycles. The summed E-state index contributed by atoms with van der Waals surface area (Å²) >= 11 is 0. The minimum absolute atomic E-state index is 0.106. The molecule has 30 heavy (non-hydrogen) atoms. The van der Waals surface area contributed by atoms with Crippen LogP contribution in [0.4, 0.5) is 11.6 Å². The van der Waals surface area contributed by atoms with E-state index in [2.05, 4.69) is 27.3 Å². The van der Waals surface area contributed by atoms with Gasteiger partial charge in [-0.15, -0.1) is 0 Å². The van der Waals surface area contributed by atoms with Gasteiger partial charge in [0.15, 0.2) is 0 Å². The second-order valence-electron chi connectivity index (χ2n) is 7.34. The van der Waals surface area contributed by atoms with E-state index in [0.29, 0.717) is 29.6 Å². The lowest BCUT2D eigenvalue weighted by Crippen LogP contribution is -2.38. The Bertz CT molecular complexity index is 1120. The zero-order valence-electron chi connectivity index (χ0n) is 17.1. The lowest BCUT2D eigenvalue weighted by Gasteiger charge is -2.31. The molecule has 0 bridgehead atoms. The lowest BCUT2D eigenvalue weighted by atomic mass is 10.0. The zero-order valence-corrected chi connectivity index (χ0v) is 17.1. The van der Waals surface area contributed by atoms with E-state index in [-0.39, 0.29) is 18.0 Å². The van der Waals surface area contributed by atoms with Crippen LogP contribution in [0.1, 0.15) is 16.8 Å². The highest BCUT2D eigenvalue weighted by molar-refractivity contribution is 5.90. The fraction of sp³-hybridized carbons (Fsp3) is 0.261. The van der Waals surface area contributed by atoms with Crippen LogP contribution in [0.2, 0.25) is 0 Å². The number of nitrogens with one attached hydrogen (secondary N) is 1. The van der Waals surface area contributed by atoms with Gasteiger partial charge < -0.3 is 15.0 Å². The molecule has 0 spiro atoms. The molecular formula is C23H24N4O3. The number of carbonyl (C=O) groups excluding carboxylic acids is 1. The van der Waals surface area contributed by atoms with Crippen LogP contribution in [0.25, 0.3) is 0 Å². The molecule has 0 fully saturated rings. The molecule has 2 aromatic carbocycles. The second-order valence-corrected chi connectivity index (χ2v) is 7.34. The first-order valence-corrected chi connectivity index (χ1v) is 9.87. The maximum Gasteiger partial charge on any atom is 0.255 e. The van der Waals surface area contributed by atoms with Gasteiger partial charge in [0.2, 0.25) is 11.9 Å². The molecule has 7 nitrogen and oxygen atoms in total. The molecule has 1 aliphatic heterocycles. The van der Waals surface area contributed by atoms with Crippen LogP contribution in [-0.2, 0) is 24.3 Å². The number of anilines is 2.